The van der Waals surface area contributed by atoms with Crippen LogP contribution < -0.4 is 16.2 Å². The Morgan fingerprint density at radius 1 is 1.53 bits per heavy atom. The van der Waals surface area contributed by atoms with Crippen molar-refractivity contribution >= 4 is 23.1 Å². The molecule has 0 radical (unpaired) electrons. The number of halogens is 1. The Balaban J connectivity index is 2.88. The first-order valence-corrected chi connectivity index (χ1v) is 5.34. The lowest BCUT2D eigenvalue weighted by Gasteiger charge is -2.13. The molecule has 0 heterocycles. The average Bonchev–Trinajstić information content (AvgIpc) is 2.24. The van der Waals surface area contributed by atoms with Gasteiger partial charge in [0.25, 0.3) is 0 Å². The summed E-state index contributed by atoms with van der Waals surface area (Å²) in [7, 11) is 0. The standard InChI is InChI=1S/C11H13FN2O2S/c1-6(10(13)15)5-16-8-4-2-3-7(12)9(8)11(14)17/h2-4,6H,5H2,1H3,(H2,13,15)(H2,14,17). The van der Waals surface area contributed by atoms with E-state index in [4.69, 9.17) is 28.4 Å². The van der Waals surface area contributed by atoms with E-state index in [1.165, 1.54) is 18.2 Å². The molecule has 1 aromatic carbocycles. The van der Waals surface area contributed by atoms with Crippen LogP contribution in [0, 0.1) is 11.7 Å². The first kappa shape index (κ1) is 13.4. The summed E-state index contributed by atoms with van der Waals surface area (Å²) in [5.41, 5.74) is 10.5. The van der Waals surface area contributed by atoms with Gasteiger partial charge in [-0.05, 0) is 12.1 Å². The lowest BCUT2D eigenvalue weighted by atomic mass is 10.1. The summed E-state index contributed by atoms with van der Waals surface area (Å²) in [6.07, 6.45) is 0. The Bertz CT molecular complexity index is 451. The summed E-state index contributed by atoms with van der Waals surface area (Å²) in [6, 6.07) is 4.24. The number of rotatable bonds is 5. The maximum Gasteiger partial charge on any atom is 0.223 e. The van der Waals surface area contributed by atoms with Gasteiger partial charge in [0.2, 0.25) is 5.91 Å². The number of ether oxygens (including phenoxy) is 1. The second kappa shape index (κ2) is 5.58. The lowest BCUT2D eigenvalue weighted by molar-refractivity contribution is -0.122. The Labute approximate surface area is 104 Å². The van der Waals surface area contributed by atoms with Gasteiger partial charge in [-0.2, -0.15) is 0 Å². The summed E-state index contributed by atoms with van der Waals surface area (Å²) in [6.45, 7) is 1.66. The molecule has 0 aliphatic carbocycles. The molecule has 6 heteroatoms. The van der Waals surface area contributed by atoms with Gasteiger partial charge in [-0.3, -0.25) is 4.79 Å². The number of nitrogens with two attached hydrogens (primary N) is 2. The first-order chi connectivity index (χ1) is 7.93. The van der Waals surface area contributed by atoms with Crippen LogP contribution in [0.3, 0.4) is 0 Å². The van der Waals surface area contributed by atoms with Crippen molar-refractivity contribution < 1.29 is 13.9 Å². The highest BCUT2D eigenvalue weighted by Crippen LogP contribution is 2.21. The fraction of sp³-hybridized carbons (Fsp3) is 0.273. The van der Waals surface area contributed by atoms with Crippen molar-refractivity contribution in [3.8, 4) is 5.75 Å². The lowest BCUT2D eigenvalue weighted by Crippen LogP contribution is -2.26. The van der Waals surface area contributed by atoms with Crippen molar-refractivity contribution in [3.05, 3.63) is 29.6 Å². The minimum absolute atomic E-state index is 0.0409. The van der Waals surface area contributed by atoms with E-state index < -0.39 is 17.6 Å². The number of hydrogen-bond donors (Lipinski definition) is 2. The maximum absolute atomic E-state index is 13.4. The molecule has 0 spiro atoms. The number of carbonyl (C=O) groups is 1. The molecule has 0 bridgehead atoms. The highest BCUT2D eigenvalue weighted by molar-refractivity contribution is 7.80. The summed E-state index contributed by atoms with van der Waals surface area (Å²) in [5, 5.41) is 0. The van der Waals surface area contributed by atoms with Crippen molar-refractivity contribution in [2.45, 2.75) is 6.92 Å². The summed E-state index contributed by atoms with van der Waals surface area (Å²) in [4.78, 5) is 10.7. The van der Waals surface area contributed by atoms with Crippen LogP contribution in [0.5, 0.6) is 5.75 Å². The van der Waals surface area contributed by atoms with Crippen LogP contribution >= 0.6 is 12.2 Å². The molecule has 1 atom stereocenters. The minimum atomic E-state index is -0.554. The number of benzene rings is 1. The number of thiocarbonyl (C=S) groups is 1. The van der Waals surface area contributed by atoms with E-state index in [1.807, 2.05) is 0 Å². The van der Waals surface area contributed by atoms with E-state index in [1.54, 1.807) is 6.92 Å². The zero-order chi connectivity index (χ0) is 13.0. The number of primary amides is 1. The Morgan fingerprint density at radius 2 is 2.18 bits per heavy atom. The molecular weight excluding hydrogens is 243 g/mol. The van der Waals surface area contributed by atoms with Gasteiger partial charge in [-0.25, -0.2) is 4.39 Å². The van der Waals surface area contributed by atoms with E-state index in [2.05, 4.69) is 0 Å². The van der Waals surface area contributed by atoms with Gasteiger partial charge in [0.1, 0.15) is 16.6 Å². The predicted octanol–water partition coefficient (Wildman–Crippen LogP) is 0.960. The van der Waals surface area contributed by atoms with Gasteiger partial charge in [0.05, 0.1) is 18.1 Å². The van der Waals surface area contributed by atoms with Crippen LogP contribution in [-0.2, 0) is 4.79 Å². The average molecular weight is 256 g/mol. The van der Waals surface area contributed by atoms with Crippen LogP contribution in [0.1, 0.15) is 12.5 Å². The molecule has 0 aliphatic rings. The van der Waals surface area contributed by atoms with Crippen LogP contribution in [0.15, 0.2) is 18.2 Å². The molecule has 0 aliphatic heterocycles. The smallest absolute Gasteiger partial charge is 0.223 e. The normalized spacial score (nSPS) is 11.9. The topological polar surface area (TPSA) is 78.3 Å². The van der Waals surface area contributed by atoms with Crippen molar-refractivity contribution in [2.24, 2.45) is 17.4 Å². The molecule has 1 aromatic rings. The Hall–Kier alpha value is -1.69. The minimum Gasteiger partial charge on any atom is -0.492 e. The van der Waals surface area contributed by atoms with Gasteiger partial charge >= 0.3 is 0 Å². The molecule has 17 heavy (non-hydrogen) atoms. The van der Waals surface area contributed by atoms with Gasteiger partial charge < -0.3 is 16.2 Å². The quantitative estimate of drug-likeness (QED) is 0.769. The number of amides is 1. The summed E-state index contributed by atoms with van der Waals surface area (Å²) >= 11 is 4.73. The van der Waals surface area contributed by atoms with Crippen LogP contribution in [0.4, 0.5) is 4.39 Å². The van der Waals surface area contributed by atoms with Crippen molar-refractivity contribution in [2.75, 3.05) is 6.61 Å². The number of carbonyl (C=O) groups excluding carboxylic acids is 1. The molecule has 4 N–H and O–H groups in total. The third-order valence-electron chi connectivity index (χ3n) is 2.20. The molecule has 0 saturated carbocycles. The Kier molecular flexibility index (Phi) is 4.39. The van der Waals surface area contributed by atoms with E-state index in [-0.39, 0.29) is 22.9 Å². The predicted molar refractivity (Wildman–Crippen MR) is 66.1 cm³/mol. The highest BCUT2D eigenvalue weighted by atomic mass is 32.1. The summed E-state index contributed by atoms with van der Waals surface area (Å²) in [5.74, 6) is -1.30. The van der Waals surface area contributed by atoms with E-state index in [0.29, 0.717) is 0 Å². The van der Waals surface area contributed by atoms with Gasteiger partial charge in [0, 0.05) is 0 Å². The van der Waals surface area contributed by atoms with Crippen LogP contribution in [0.25, 0.3) is 0 Å². The first-order valence-electron chi connectivity index (χ1n) is 4.94. The maximum atomic E-state index is 13.4. The molecule has 1 amide bonds. The van der Waals surface area contributed by atoms with Crippen molar-refractivity contribution in [1.82, 2.24) is 0 Å². The fourth-order valence-electron chi connectivity index (χ4n) is 1.16. The molecular formula is C11H13FN2O2S. The van der Waals surface area contributed by atoms with Crippen molar-refractivity contribution in [3.63, 3.8) is 0 Å². The van der Waals surface area contributed by atoms with E-state index in [9.17, 15) is 9.18 Å². The van der Waals surface area contributed by atoms with Gasteiger partial charge in [-0.15, -0.1) is 0 Å². The highest BCUT2D eigenvalue weighted by Gasteiger charge is 2.15. The molecule has 92 valence electrons. The van der Waals surface area contributed by atoms with Crippen molar-refractivity contribution in [1.29, 1.82) is 0 Å². The zero-order valence-corrected chi connectivity index (χ0v) is 10.1. The third-order valence-corrected chi connectivity index (χ3v) is 2.40. The summed E-state index contributed by atoms with van der Waals surface area (Å²) < 4.78 is 18.7. The molecule has 1 unspecified atom stereocenters. The molecule has 0 fully saturated rings. The van der Waals surface area contributed by atoms with Crippen LogP contribution in [0.2, 0.25) is 0 Å². The second-order valence-corrected chi connectivity index (χ2v) is 4.03. The van der Waals surface area contributed by atoms with Gasteiger partial charge in [-0.1, -0.05) is 25.2 Å². The number of hydrogen-bond acceptors (Lipinski definition) is 3. The van der Waals surface area contributed by atoms with Crippen LogP contribution in [-0.4, -0.2) is 17.5 Å². The van der Waals surface area contributed by atoms with Gasteiger partial charge in [0.15, 0.2) is 0 Å². The second-order valence-electron chi connectivity index (χ2n) is 3.59. The SMILES string of the molecule is CC(COc1cccc(F)c1C(N)=S)C(N)=O. The zero-order valence-electron chi connectivity index (χ0n) is 9.27. The molecule has 1 rings (SSSR count). The van der Waals surface area contributed by atoms with E-state index in [0.717, 1.165) is 0 Å². The fourth-order valence-corrected chi connectivity index (χ4v) is 1.36. The molecule has 0 aromatic heterocycles. The molecule has 0 saturated heterocycles. The Morgan fingerprint density at radius 3 is 2.71 bits per heavy atom. The van der Waals surface area contributed by atoms with E-state index >= 15 is 0 Å². The monoisotopic (exact) mass is 256 g/mol. The largest absolute Gasteiger partial charge is 0.492 e. The molecule has 4 nitrogen and oxygen atoms in total. The third kappa shape index (κ3) is 3.39.